The van der Waals surface area contributed by atoms with Crippen LogP contribution in [0.3, 0.4) is 0 Å². The first-order valence-corrected chi connectivity index (χ1v) is 9.68. The highest BCUT2D eigenvalue weighted by atomic mass is 32.1. The SMILES string of the molecule is Cc1cc(-c2cccs2)nc([C@H]2CCCN(C(=O)c3ccccn3)C2)n1. The zero-order valence-electron chi connectivity index (χ0n) is 14.6. The minimum Gasteiger partial charge on any atom is -0.337 e. The molecule has 6 heteroatoms. The molecule has 1 saturated heterocycles. The van der Waals surface area contributed by atoms with E-state index in [0.29, 0.717) is 12.2 Å². The van der Waals surface area contributed by atoms with Gasteiger partial charge in [0.2, 0.25) is 0 Å². The fourth-order valence-electron chi connectivity index (χ4n) is 3.35. The standard InChI is InChI=1S/C20H20N4OS/c1-14-12-17(18-8-5-11-26-18)23-19(22-14)15-6-4-10-24(13-15)20(25)16-7-2-3-9-21-16/h2-3,5,7-9,11-12,15H,4,6,10,13H2,1H3/t15-/m0/s1. The lowest BCUT2D eigenvalue weighted by Gasteiger charge is -2.32. The number of hydrogen-bond acceptors (Lipinski definition) is 5. The number of nitrogens with zero attached hydrogens (tertiary/aromatic N) is 4. The highest BCUT2D eigenvalue weighted by Gasteiger charge is 2.28. The molecule has 1 aliphatic heterocycles. The van der Waals surface area contributed by atoms with Crippen molar-refractivity contribution in [2.75, 3.05) is 13.1 Å². The van der Waals surface area contributed by atoms with Crippen LogP contribution in [0.5, 0.6) is 0 Å². The van der Waals surface area contributed by atoms with Gasteiger partial charge in [0, 0.05) is 30.9 Å². The van der Waals surface area contributed by atoms with Crippen molar-refractivity contribution >= 4 is 17.2 Å². The van der Waals surface area contributed by atoms with Crippen LogP contribution >= 0.6 is 11.3 Å². The molecule has 0 unspecified atom stereocenters. The van der Waals surface area contributed by atoms with Crippen molar-refractivity contribution in [1.29, 1.82) is 0 Å². The summed E-state index contributed by atoms with van der Waals surface area (Å²) < 4.78 is 0. The van der Waals surface area contributed by atoms with E-state index in [-0.39, 0.29) is 11.8 Å². The Labute approximate surface area is 156 Å². The van der Waals surface area contributed by atoms with E-state index >= 15 is 0 Å². The average molecular weight is 364 g/mol. The Hall–Kier alpha value is -2.60. The molecule has 5 nitrogen and oxygen atoms in total. The molecule has 0 N–H and O–H groups in total. The van der Waals surface area contributed by atoms with Crippen LogP contribution in [0.15, 0.2) is 48.0 Å². The summed E-state index contributed by atoms with van der Waals surface area (Å²) >= 11 is 1.68. The number of rotatable bonds is 3. The molecule has 132 valence electrons. The summed E-state index contributed by atoms with van der Waals surface area (Å²) in [5, 5.41) is 2.06. The fraction of sp³-hybridized carbons (Fsp3) is 0.300. The van der Waals surface area contributed by atoms with Crippen LogP contribution in [0.25, 0.3) is 10.6 Å². The minimum absolute atomic E-state index is 0.0126. The molecular formula is C20H20N4OS. The van der Waals surface area contributed by atoms with E-state index in [2.05, 4.69) is 21.4 Å². The first-order valence-electron chi connectivity index (χ1n) is 8.80. The normalized spacial score (nSPS) is 17.3. The number of pyridine rings is 1. The van der Waals surface area contributed by atoms with Gasteiger partial charge in [-0.2, -0.15) is 0 Å². The van der Waals surface area contributed by atoms with Crippen LogP contribution in [0.1, 0.15) is 40.8 Å². The van der Waals surface area contributed by atoms with Gasteiger partial charge in [0.1, 0.15) is 11.5 Å². The number of aromatic nitrogens is 3. The molecule has 1 aliphatic rings. The van der Waals surface area contributed by atoms with Gasteiger partial charge in [0.05, 0.1) is 10.6 Å². The zero-order valence-corrected chi connectivity index (χ0v) is 15.4. The van der Waals surface area contributed by atoms with Crippen molar-refractivity contribution in [1.82, 2.24) is 19.9 Å². The summed E-state index contributed by atoms with van der Waals surface area (Å²) in [5.74, 6) is 0.989. The van der Waals surface area contributed by atoms with Crippen LogP contribution in [-0.4, -0.2) is 38.8 Å². The second-order valence-corrected chi connectivity index (χ2v) is 7.48. The quantitative estimate of drug-likeness (QED) is 0.706. The Bertz CT molecular complexity index is 895. The topological polar surface area (TPSA) is 59.0 Å². The van der Waals surface area contributed by atoms with Crippen molar-refractivity contribution in [3.05, 3.63) is 65.2 Å². The van der Waals surface area contributed by atoms with Gasteiger partial charge in [0.25, 0.3) is 5.91 Å². The molecule has 0 bridgehead atoms. The van der Waals surface area contributed by atoms with Crippen LogP contribution in [0.2, 0.25) is 0 Å². The molecule has 4 rings (SSSR count). The van der Waals surface area contributed by atoms with Gasteiger partial charge >= 0.3 is 0 Å². The van der Waals surface area contributed by atoms with Crippen molar-refractivity contribution in [3.63, 3.8) is 0 Å². The third kappa shape index (κ3) is 3.51. The van der Waals surface area contributed by atoms with Crippen LogP contribution in [0.4, 0.5) is 0 Å². The molecule has 1 amide bonds. The average Bonchev–Trinajstić information content (AvgIpc) is 3.23. The van der Waals surface area contributed by atoms with Gasteiger partial charge in [0.15, 0.2) is 0 Å². The Balaban J connectivity index is 1.57. The molecule has 1 atom stereocenters. The molecule has 3 aromatic rings. The van der Waals surface area contributed by atoms with Crippen molar-refractivity contribution in [3.8, 4) is 10.6 Å². The third-order valence-corrected chi connectivity index (χ3v) is 5.50. The van der Waals surface area contributed by atoms with Crippen molar-refractivity contribution in [2.45, 2.75) is 25.7 Å². The maximum absolute atomic E-state index is 12.7. The number of carbonyl (C=O) groups excluding carboxylic acids is 1. The van der Waals surface area contributed by atoms with E-state index in [9.17, 15) is 4.79 Å². The second kappa shape index (κ2) is 7.33. The molecule has 0 aromatic carbocycles. The zero-order chi connectivity index (χ0) is 17.9. The smallest absolute Gasteiger partial charge is 0.272 e. The van der Waals surface area contributed by atoms with Crippen LogP contribution in [0, 0.1) is 6.92 Å². The lowest BCUT2D eigenvalue weighted by molar-refractivity contribution is 0.0698. The van der Waals surface area contributed by atoms with Gasteiger partial charge < -0.3 is 4.90 Å². The molecule has 3 aromatic heterocycles. The molecule has 26 heavy (non-hydrogen) atoms. The van der Waals surface area contributed by atoms with E-state index in [1.54, 1.807) is 23.6 Å². The molecule has 0 saturated carbocycles. The van der Waals surface area contributed by atoms with Gasteiger partial charge in [-0.25, -0.2) is 9.97 Å². The van der Waals surface area contributed by atoms with Gasteiger partial charge in [-0.05, 0) is 49.4 Å². The van der Waals surface area contributed by atoms with E-state index in [1.807, 2.05) is 36.1 Å². The van der Waals surface area contributed by atoms with E-state index in [0.717, 1.165) is 41.5 Å². The number of likely N-dealkylation sites (tertiary alicyclic amines) is 1. The highest BCUT2D eigenvalue weighted by molar-refractivity contribution is 7.13. The summed E-state index contributed by atoms with van der Waals surface area (Å²) in [6, 6.07) is 11.6. The summed E-state index contributed by atoms with van der Waals surface area (Å²) in [6.07, 6.45) is 3.61. The predicted octanol–water partition coefficient (Wildman–Crippen LogP) is 3.93. The van der Waals surface area contributed by atoms with E-state index < -0.39 is 0 Å². The van der Waals surface area contributed by atoms with E-state index in [4.69, 9.17) is 4.98 Å². The Kier molecular flexibility index (Phi) is 4.75. The second-order valence-electron chi connectivity index (χ2n) is 6.54. The maximum Gasteiger partial charge on any atom is 0.272 e. The van der Waals surface area contributed by atoms with Gasteiger partial charge in [-0.15, -0.1) is 11.3 Å². The highest BCUT2D eigenvalue weighted by Crippen LogP contribution is 2.29. The summed E-state index contributed by atoms with van der Waals surface area (Å²) in [7, 11) is 0. The van der Waals surface area contributed by atoms with Gasteiger partial charge in [-0.1, -0.05) is 12.1 Å². The minimum atomic E-state index is -0.0126. The first-order chi connectivity index (χ1) is 12.7. The molecule has 0 aliphatic carbocycles. The van der Waals surface area contributed by atoms with Crippen molar-refractivity contribution < 1.29 is 4.79 Å². The number of amides is 1. The van der Waals surface area contributed by atoms with E-state index in [1.165, 1.54) is 0 Å². The number of thiophene rings is 1. The molecule has 0 radical (unpaired) electrons. The summed E-state index contributed by atoms with van der Waals surface area (Å²) in [6.45, 7) is 3.40. The van der Waals surface area contributed by atoms with Crippen LogP contribution in [-0.2, 0) is 0 Å². The lowest BCUT2D eigenvalue weighted by atomic mass is 9.96. The Morgan fingerprint density at radius 2 is 2.15 bits per heavy atom. The third-order valence-electron chi connectivity index (χ3n) is 4.60. The number of aryl methyl sites for hydroxylation is 1. The summed E-state index contributed by atoms with van der Waals surface area (Å²) in [4.78, 5) is 29.4. The Morgan fingerprint density at radius 3 is 2.92 bits per heavy atom. The van der Waals surface area contributed by atoms with Gasteiger partial charge in [-0.3, -0.25) is 9.78 Å². The monoisotopic (exact) mass is 364 g/mol. The van der Waals surface area contributed by atoms with Crippen molar-refractivity contribution in [2.24, 2.45) is 0 Å². The molecule has 0 spiro atoms. The lowest BCUT2D eigenvalue weighted by Crippen LogP contribution is -2.39. The molecular weight excluding hydrogens is 344 g/mol. The largest absolute Gasteiger partial charge is 0.337 e. The fourth-order valence-corrected chi connectivity index (χ4v) is 4.03. The first kappa shape index (κ1) is 16.8. The molecule has 4 heterocycles. The summed E-state index contributed by atoms with van der Waals surface area (Å²) in [5.41, 5.74) is 2.43. The number of piperidine rings is 1. The number of carbonyl (C=O) groups is 1. The predicted molar refractivity (Wildman–Crippen MR) is 102 cm³/mol. The molecule has 1 fully saturated rings. The van der Waals surface area contributed by atoms with Crippen LogP contribution < -0.4 is 0 Å². The maximum atomic E-state index is 12.7. The number of hydrogen-bond donors (Lipinski definition) is 0. The Morgan fingerprint density at radius 1 is 1.23 bits per heavy atom.